The molecule has 28 heavy (non-hydrogen) atoms. The standard InChI is InChI=1S/C23H31N3O.ClH/c1-15-10-16(2)22(17(3)11-15)25-23(27)18(4)26-13-20(12-24)21(14-26)19-8-6-5-7-9-19;/h5-11,18,20-21H,12-14,24H2,1-4H3,(H,25,27);1H/t18?,20-,21+;/m1./s1. The molecule has 1 aliphatic rings. The van der Waals surface area contributed by atoms with Crippen molar-refractivity contribution in [1.82, 2.24) is 4.90 Å². The van der Waals surface area contributed by atoms with Crippen LogP contribution in [0.25, 0.3) is 0 Å². The molecule has 0 saturated carbocycles. The number of likely N-dealkylation sites (tertiary alicyclic amines) is 1. The summed E-state index contributed by atoms with van der Waals surface area (Å²) in [5.74, 6) is 0.814. The zero-order chi connectivity index (χ0) is 19.6. The maximum atomic E-state index is 12.9. The molecule has 0 bridgehead atoms. The summed E-state index contributed by atoms with van der Waals surface area (Å²) >= 11 is 0. The molecule has 1 unspecified atom stereocenters. The molecule has 1 amide bonds. The summed E-state index contributed by atoms with van der Waals surface area (Å²) in [6.45, 7) is 10.5. The van der Waals surface area contributed by atoms with Crippen LogP contribution in [0.2, 0.25) is 0 Å². The summed E-state index contributed by atoms with van der Waals surface area (Å²) in [5, 5.41) is 3.16. The Hall–Kier alpha value is -1.88. The van der Waals surface area contributed by atoms with Crippen molar-refractivity contribution in [1.29, 1.82) is 0 Å². The van der Waals surface area contributed by atoms with Gasteiger partial charge >= 0.3 is 0 Å². The molecule has 4 nitrogen and oxygen atoms in total. The molecular weight excluding hydrogens is 370 g/mol. The molecule has 0 aliphatic carbocycles. The van der Waals surface area contributed by atoms with E-state index >= 15 is 0 Å². The number of carbonyl (C=O) groups is 1. The molecule has 1 fully saturated rings. The van der Waals surface area contributed by atoms with Crippen LogP contribution < -0.4 is 11.1 Å². The van der Waals surface area contributed by atoms with Crippen molar-refractivity contribution >= 4 is 24.0 Å². The highest BCUT2D eigenvalue weighted by molar-refractivity contribution is 5.96. The van der Waals surface area contributed by atoms with Crippen LogP contribution in [0, 0.1) is 26.7 Å². The lowest BCUT2D eigenvalue weighted by molar-refractivity contribution is -0.120. The van der Waals surface area contributed by atoms with E-state index in [0.29, 0.717) is 18.4 Å². The summed E-state index contributed by atoms with van der Waals surface area (Å²) in [6, 6.07) is 14.6. The number of anilines is 1. The zero-order valence-electron chi connectivity index (χ0n) is 17.2. The minimum atomic E-state index is -0.187. The number of halogens is 1. The average molecular weight is 402 g/mol. The van der Waals surface area contributed by atoms with Gasteiger partial charge in [-0.1, -0.05) is 48.0 Å². The average Bonchev–Trinajstić information content (AvgIpc) is 3.09. The predicted octanol–water partition coefficient (Wildman–Crippen LogP) is 4.03. The Morgan fingerprint density at radius 2 is 1.75 bits per heavy atom. The van der Waals surface area contributed by atoms with Gasteiger partial charge in [0.05, 0.1) is 6.04 Å². The Kier molecular flexibility index (Phi) is 7.64. The number of hydrogen-bond donors (Lipinski definition) is 2. The normalized spacial score (nSPS) is 20.5. The van der Waals surface area contributed by atoms with Gasteiger partial charge in [0.1, 0.15) is 0 Å². The Bertz CT molecular complexity index is 786. The molecule has 0 spiro atoms. The molecule has 1 heterocycles. The van der Waals surface area contributed by atoms with Crippen molar-refractivity contribution in [2.75, 3.05) is 25.0 Å². The number of aryl methyl sites for hydroxylation is 3. The zero-order valence-corrected chi connectivity index (χ0v) is 18.1. The van der Waals surface area contributed by atoms with Gasteiger partial charge in [-0.15, -0.1) is 12.4 Å². The van der Waals surface area contributed by atoms with Gasteiger partial charge in [0, 0.05) is 24.7 Å². The number of hydrogen-bond acceptors (Lipinski definition) is 3. The Balaban J connectivity index is 0.00000280. The number of carbonyl (C=O) groups excluding carboxylic acids is 1. The highest BCUT2D eigenvalue weighted by Gasteiger charge is 2.37. The van der Waals surface area contributed by atoms with Crippen molar-refractivity contribution in [3.05, 3.63) is 64.7 Å². The maximum Gasteiger partial charge on any atom is 0.241 e. The van der Waals surface area contributed by atoms with Crippen molar-refractivity contribution < 1.29 is 4.79 Å². The van der Waals surface area contributed by atoms with E-state index in [4.69, 9.17) is 5.73 Å². The Morgan fingerprint density at radius 3 is 2.32 bits per heavy atom. The highest BCUT2D eigenvalue weighted by Crippen LogP contribution is 2.33. The largest absolute Gasteiger partial charge is 0.330 e. The summed E-state index contributed by atoms with van der Waals surface area (Å²) in [7, 11) is 0. The number of rotatable bonds is 5. The molecule has 1 saturated heterocycles. The van der Waals surface area contributed by atoms with Gasteiger partial charge in [-0.25, -0.2) is 0 Å². The third-order valence-corrected chi connectivity index (χ3v) is 5.85. The molecule has 0 aromatic heterocycles. The van der Waals surface area contributed by atoms with Gasteiger partial charge in [0.15, 0.2) is 0 Å². The van der Waals surface area contributed by atoms with E-state index in [1.807, 2.05) is 26.8 Å². The first-order valence-electron chi connectivity index (χ1n) is 9.78. The summed E-state index contributed by atoms with van der Waals surface area (Å²) in [4.78, 5) is 15.2. The van der Waals surface area contributed by atoms with E-state index in [1.54, 1.807) is 0 Å². The van der Waals surface area contributed by atoms with Gasteiger partial charge < -0.3 is 11.1 Å². The van der Waals surface area contributed by atoms with E-state index in [0.717, 1.165) is 29.9 Å². The molecule has 3 N–H and O–H groups in total. The number of benzene rings is 2. The lowest BCUT2D eigenvalue weighted by Crippen LogP contribution is -2.41. The lowest BCUT2D eigenvalue weighted by atomic mass is 9.89. The van der Waals surface area contributed by atoms with E-state index in [1.165, 1.54) is 11.1 Å². The van der Waals surface area contributed by atoms with E-state index in [2.05, 4.69) is 53.5 Å². The molecule has 0 radical (unpaired) electrons. The van der Waals surface area contributed by atoms with Crippen molar-refractivity contribution in [3.63, 3.8) is 0 Å². The van der Waals surface area contributed by atoms with Crippen LogP contribution in [-0.4, -0.2) is 36.5 Å². The second kappa shape index (κ2) is 9.55. The predicted molar refractivity (Wildman–Crippen MR) is 119 cm³/mol. The molecule has 1 aliphatic heterocycles. The number of nitrogens with zero attached hydrogens (tertiary/aromatic N) is 1. The van der Waals surface area contributed by atoms with E-state index < -0.39 is 0 Å². The summed E-state index contributed by atoms with van der Waals surface area (Å²) in [5.41, 5.74) is 11.7. The monoisotopic (exact) mass is 401 g/mol. The topological polar surface area (TPSA) is 58.4 Å². The summed E-state index contributed by atoms with van der Waals surface area (Å²) < 4.78 is 0. The van der Waals surface area contributed by atoms with Crippen molar-refractivity contribution in [2.24, 2.45) is 11.7 Å². The van der Waals surface area contributed by atoms with Gasteiger partial charge in [-0.3, -0.25) is 9.69 Å². The fourth-order valence-electron chi connectivity index (χ4n) is 4.31. The van der Waals surface area contributed by atoms with Crippen LogP contribution in [0.1, 0.15) is 35.1 Å². The number of amides is 1. The van der Waals surface area contributed by atoms with Gasteiger partial charge in [0.25, 0.3) is 0 Å². The molecule has 3 atom stereocenters. The molecule has 2 aromatic rings. The molecule has 152 valence electrons. The minimum absolute atomic E-state index is 0. The third kappa shape index (κ3) is 4.75. The van der Waals surface area contributed by atoms with Gasteiger partial charge in [0.2, 0.25) is 5.91 Å². The Morgan fingerprint density at radius 1 is 1.14 bits per heavy atom. The van der Waals surface area contributed by atoms with Crippen molar-refractivity contribution in [2.45, 2.75) is 39.7 Å². The quantitative estimate of drug-likeness (QED) is 0.795. The molecular formula is C23H32ClN3O. The van der Waals surface area contributed by atoms with Crippen LogP contribution in [0.4, 0.5) is 5.69 Å². The second-order valence-electron chi connectivity index (χ2n) is 7.91. The SMILES string of the molecule is Cc1cc(C)c(NC(=O)C(C)N2C[C@@H](CN)[C@H](c3ccccc3)C2)c(C)c1.Cl. The van der Waals surface area contributed by atoms with Crippen LogP contribution in [-0.2, 0) is 4.79 Å². The minimum Gasteiger partial charge on any atom is -0.330 e. The first-order valence-corrected chi connectivity index (χ1v) is 9.78. The van der Waals surface area contributed by atoms with Crippen molar-refractivity contribution in [3.8, 4) is 0 Å². The Labute approximate surface area is 174 Å². The number of nitrogens with two attached hydrogens (primary N) is 1. The van der Waals surface area contributed by atoms with Crippen LogP contribution in [0.5, 0.6) is 0 Å². The molecule has 2 aromatic carbocycles. The first-order chi connectivity index (χ1) is 12.9. The van der Waals surface area contributed by atoms with Crippen LogP contribution >= 0.6 is 12.4 Å². The smallest absolute Gasteiger partial charge is 0.241 e. The van der Waals surface area contributed by atoms with Crippen LogP contribution in [0.3, 0.4) is 0 Å². The molecule has 5 heteroatoms. The fraction of sp³-hybridized carbons (Fsp3) is 0.435. The highest BCUT2D eigenvalue weighted by atomic mass is 35.5. The molecule has 3 rings (SSSR count). The fourth-order valence-corrected chi connectivity index (χ4v) is 4.31. The maximum absolute atomic E-state index is 12.9. The summed E-state index contributed by atoms with van der Waals surface area (Å²) in [6.07, 6.45) is 0. The second-order valence-corrected chi connectivity index (χ2v) is 7.91. The first kappa shape index (κ1) is 22.4. The van der Waals surface area contributed by atoms with Crippen LogP contribution in [0.15, 0.2) is 42.5 Å². The van der Waals surface area contributed by atoms with E-state index in [9.17, 15) is 4.79 Å². The third-order valence-electron chi connectivity index (χ3n) is 5.85. The van der Waals surface area contributed by atoms with Gasteiger partial charge in [-0.2, -0.15) is 0 Å². The van der Waals surface area contributed by atoms with E-state index in [-0.39, 0.29) is 24.4 Å². The lowest BCUT2D eigenvalue weighted by Gasteiger charge is -2.24. The van der Waals surface area contributed by atoms with Gasteiger partial charge in [-0.05, 0) is 56.8 Å². The number of nitrogens with one attached hydrogen (secondary N) is 1.